The second-order valence-corrected chi connectivity index (χ2v) is 6.61. The zero-order chi connectivity index (χ0) is 14.5. The van der Waals surface area contributed by atoms with Crippen molar-refractivity contribution in [3.05, 3.63) is 29.8 Å². The van der Waals surface area contributed by atoms with Crippen LogP contribution in [0.2, 0.25) is 0 Å². The Balaban J connectivity index is 1.98. The number of anilines is 1. The van der Waals surface area contributed by atoms with Crippen molar-refractivity contribution in [2.75, 3.05) is 29.9 Å². The first-order valence-corrected chi connectivity index (χ1v) is 8.28. The van der Waals surface area contributed by atoms with Gasteiger partial charge in [0.25, 0.3) is 0 Å². The predicted octanol–water partition coefficient (Wildman–Crippen LogP) is 0.537. The topological polar surface area (TPSA) is 75.4 Å². The number of nitrogens with two attached hydrogens (primary N) is 1. The zero-order valence-corrected chi connectivity index (χ0v) is 12.5. The van der Waals surface area contributed by atoms with Gasteiger partial charge in [-0.2, -0.15) is 0 Å². The van der Waals surface area contributed by atoms with E-state index in [4.69, 9.17) is 5.73 Å². The highest BCUT2D eigenvalue weighted by molar-refractivity contribution is 7.85. The van der Waals surface area contributed by atoms with E-state index in [1.807, 2.05) is 31.2 Å². The molecule has 1 aromatic carbocycles. The van der Waals surface area contributed by atoms with E-state index in [0.717, 1.165) is 11.3 Å². The summed E-state index contributed by atoms with van der Waals surface area (Å²) in [6.45, 7) is 3.70. The van der Waals surface area contributed by atoms with Gasteiger partial charge in [-0.3, -0.25) is 13.9 Å². The quantitative estimate of drug-likeness (QED) is 0.850. The van der Waals surface area contributed by atoms with Crippen molar-refractivity contribution in [1.29, 1.82) is 0 Å². The van der Waals surface area contributed by atoms with Gasteiger partial charge in [0.15, 0.2) is 0 Å². The van der Waals surface area contributed by atoms with Crippen molar-refractivity contribution < 1.29 is 9.00 Å². The summed E-state index contributed by atoms with van der Waals surface area (Å²) in [6, 6.07) is 7.32. The average Bonchev–Trinajstić information content (AvgIpc) is 2.48. The summed E-state index contributed by atoms with van der Waals surface area (Å²) in [5.74, 6) is 1.26. The summed E-state index contributed by atoms with van der Waals surface area (Å²) in [5.41, 5.74) is 7.36. The lowest BCUT2D eigenvalue weighted by atomic mass is 10.1. The van der Waals surface area contributed by atoms with E-state index >= 15 is 0 Å². The van der Waals surface area contributed by atoms with Crippen LogP contribution in [0.15, 0.2) is 24.3 Å². The summed E-state index contributed by atoms with van der Waals surface area (Å²) in [6.07, 6.45) is 0. The van der Waals surface area contributed by atoms with Gasteiger partial charge in [-0.1, -0.05) is 18.2 Å². The third kappa shape index (κ3) is 3.65. The van der Waals surface area contributed by atoms with Gasteiger partial charge in [0, 0.05) is 47.6 Å². The maximum atomic E-state index is 12.3. The minimum absolute atomic E-state index is 0.0430. The van der Waals surface area contributed by atoms with Crippen molar-refractivity contribution in [2.45, 2.75) is 19.5 Å². The molecule has 1 heterocycles. The Morgan fingerprint density at radius 3 is 2.70 bits per heavy atom. The fraction of sp³-hybridized carbons (Fsp3) is 0.500. The van der Waals surface area contributed by atoms with Crippen molar-refractivity contribution in [2.24, 2.45) is 5.73 Å². The van der Waals surface area contributed by atoms with E-state index in [-0.39, 0.29) is 11.9 Å². The number of hydrogen-bond donors (Lipinski definition) is 2. The number of carbonyl (C=O) groups excluding carboxylic acids is 1. The third-order valence-corrected chi connectivity index (χ3v) is 4.91. The van der Waals surface area contributed by atoms with Crippen LogP contribution in [0.1, 0.15) is 12.5 Å². The Labute approximate surface area is 122 Å². The van der Waals surface area contributed by atoms with Crippen molar-refractivity contribution in [3.63, 3.8) is 0 Å². The number of nitrogens with zero attached hydrogens (tertiary/aromatic N) is 1. The van der Waals surface area contributed by atoms with Crippen LogP contribution >= 0.6 is 0 Å². The summed E-state index contributed by atoms with van der Waals surface area (Å²) in [7, 11) is -0.724. The number of carbonyl (C=O) groups is 1. The number of para-hydroxylation sites is 1. The molecule has 20 heavy (non-hydrogen) atoms. The summed E-state index contributed by atoms with van der Waals surface area (Å²) >= 11 is 0. The molecular weight excluding hydrogens is 274 g/mol. The molecule has 1 amide bonds. The molecule has 1 saturated heterocycles. The molecule has 1 aliphatic rings. The van der Waals surface area contributed by atoms with Crippen LogP contribution in [-0.2, 0) is 22.1 Å². The molecule has 2 rings (SSSR count). The van der Waals surface area contributed by atoms with E-state index in [1.54, 1.807) is 0 Å². The Morgan fingerprint density at radius 2 is 2.05 bits per heavy atom. The molecule has 0 saturated carbocycles. The second-order valence-electron chi connectivity index (χ2n) is 4.91. The molecule has 0 aliphatic carbocycles. The molecule has 3 N–H and O–H groups in total. The van der Waals surface area contributed by atoms with E-state index in [9.17, 15) is 9.00 Å². The molecule has 0 aromatic heterocycles. The summed E-state index contributed by atoms with van der Waals surface area (Å²) in [4.78, 5) is 14.4. The standard InChI is InChI=1S/C14H21N3O2S/c1-11(17-6-8-20(19)9-7-17)14(18)16-13-5-3-2-4-12(13)10-15/h2-5,11H,6-10,15H2,1H3,(H,16,18). The molecular formula is C14H21N3O2S. The van der Waals surface area contributed by atoms with Crippen LogP contribution in [0, 0.1) is 0 Å². The van der Waals surface area contributed by atoms with Gasteiger partial charge >= 0.3 is 0 Å². The minimum atomic E-state index is -0.724. The molecule has 110 valence electrons. The predicted molar refractivity (Wildman–Crippen MR) is 81.9 cm³/mol. The van der Waals surface area contributed by atoms with Crippen LogP contribution < -0.4 is 11.1 Å². The van der Waals surface area contributed by atoms with Crippen LogP contribution in [-0.4, -0.2) is 45.7 Å². The van der Waals surface area contributed by atoms with E-state index in [0.29, 0.717) is 31.1 Å². The SMILES string of the molecule is CC(C(=O)Nc1ccccc1CN)N1CCS(=O)CC1. The fourth-order valence-corrected chi connectivity index (χ4v) is 3.34. The molecule has 0 spiro atoms. The highest BCUT2D eigenvalue weighted by Gasteiger charge is 2.25. The third-order valence-electron chi connectivity index (χ3n) is 3.63. The maximum Gasteiger partial charge on any atom is 0.241 e. The molecule has 5 nitrogen and oxygen atoms in total. The van der Waals surface area contributed by atoms with Crippen LogP contribution in [0.4, 0.5) is 5.69 Å². The first kappa shape index (κ1) is 15.2. The lowest BCUT2D eigenvalue weighted by molar-refractivity contribution is -0.120. The van der Waals surface area contributed by atoms with Crippen molar-refractivity contribution in [3.8, 4) is 0 Å². The first-order valence-electron chi connectivity index (χ1n) is 6.79. The minimum Gasteiger partial charge on any atom is -0.326 e. The molecule has 1 fully saturated rings. The number of rotatable bonds is 4. The lowest BCUT2D eigenvalue weighted by Gasteiger charge is -2.31. The largest absolute Gasteiger partial charge is 0.326 e. The second kappa shape index (κ2) is 6.97. The monoisotopic (exact) mass is 295 g/mol. The van der Waals surface area contributed by atoms with Crippen molar-refractivity contribution >= 4 is 22.4 Å². The maximum absolute atomic E-state index is 12.3. The molecule has 1 unspecified atom stereocenters. The van der Waals surface area contributed by atoms with Gasteiger partial charge in [0.1, 0.15) is 0 Å². The Bertz CT molecular complexity index is 497. The molecule has 0 bridgehead atoms. The molecule has 0 radical (unpaired) electrons. The highest BCUT2D eigenvalue weighted by Crippen LogP contribution is 2.15. The van der Waals surface area contributed by atoms with E-state index in [1.165, 1.54) is 0 Å². The van der Waals surface area contributed by atoms with Crippen molar-refractivity contribution in [1.82, 2.24) is 4.90 Å². The molecule has 1 aliphatic heterocycles. The van der Waals surface area contributed by atoms with Gasteiger partial charge in [-0.25, -0.2) is 0 Å². The first-order chi connectivity index (χ1) is 9.61. The van der Waals surface area contributed by atoms with Crippen LogP contribution in [0.3, 0.4) is 0 Å². The highest BCUT2D eigenvalue weighted by atomic mass is 32.2. The molecule has 1 aromatic rings. The average molecular weight is 295 g/mol. The molecule has 6 heteroatoms. The fourth-order valence-electron chi connectivity index (χ4n) is 2.26. The summed E-state index contributed by atoms with van der Waals surface area (Å²) < 4.78 is 11.3. The lowest BCUT2D eigenvalue weighted by Crippen LogP contribution is -2.48. The van der Waals surface area contributed by atoms with Gasteiger partial charge < -0.3 is 11.1 Å². The number of nitrogens with one attached hydrogen (secondary N) is 1. The molecule has 1 atom stereocenters. The Kier molecular flexibility index (Phi) is 5.28. The van der Waals surface area contributed by atoms with Crippen LogP contribution in [0.5, 0.6) is 0 Å². The smallest absolute Gasteiger partial charge is 0.241 e. The Morgan fingerprint density at radius 1 is 1.40 bits per heavy atom. The zero-order valence-electron chi connectivity index (χ0n) is 11.7. The number of amides is 1. The van der Waals surface area contributed by atoms with E-state index in [2.05, 4.69) is 10.2 Å². The number of hydrogen-bond acceptors (Lipinski definition) is 4. The van der Waals surface area contributed by atoms with Gasteiger partial charge in [-0.15, -0.1) is 0 Å². The normalized spacial score (nSPS) is 18.7. The summed E-state index contributed by atoms with van der Waals surface area (Å²) in [5, 5.41) is 2.93. The Hall–Kier alpha value is -1.24. The van der Waals surface area contributed by atoms with Gasteiger partial charge in [0.05, 0.1) is 6.04 Å². The number of benzene rings is 1. The van der Waals surface area contributed by atoms with Gasteiger partial charge in [0.2, 0.25) is 5.91 Å². The van der Waals surface area contributed by atoms with E-state index < -0.39 is 10.8 Å². The van der Waals surface area contributed by atoms with Gasteiger partial charge in [-0.05, 0) is 18.6 Å². The van der Waals surface area contributed by atoms with Crippen LogP contribution in [0.25, 0.3) is 0 Å².